The van der Waals surface area contributed by atoms with Gasteiger partial charge in [0, 0.05) is 17.2 Å². The highest BCUT2D eigenvalue weighted by atomic mass is 16.4. The van der Waals surface area contributed by atoms with E-state index in [4.69, 9.17) is 4.42 Å². The second-order valence-electron chi connectivity index (χ2n) is 6.24. The number of fused-ring (bicyclic) bond motifs is 1. The number of aromatic hydroxyl groups is 4. The standard InChI is InChI=1S/C20H18O6/c1-10(2)3-8-13-14(22)9-15-16(17(13)23)18(24)19(25)20(26-15)11-4-6-12(21)7-5-11/h3-7,9,21-23,25H,8H2,1-2H3. The number of benzene rings is 2. The van der Waals surface area contributed by atoms with E-state index in [0.29, 0.717) is 5.56 Å². The van der Waals surface area contributed by atoms with E-state index in [1.807, 2.05) is 13.8 Å². The Morgan fingerprint density at radius 1 is 1.04 bits per heavy atom. The van der Waals surface area contributed by atoms with E-state index >= 15 is 0 Å². The van der Waals surface area contributed by atoms with Gasteiger partial charge in [-0.2, -0.15) is 0 Å². The molecule has 0 fully saturated rings. The summed E-state index contributed by atoms with van der Waals surface area (Å²) in [5.41, 5.74) is 0.688. The molecule has 4 N–H and O–H groups in total. The average Bonchev–Trinajstić information content (AvgIpc) is 2.58. The minimum Gasteiger partial charge on any atom is -0.508 e. The van der Waals surface area contributed by atoms with Crippen LogP contribution in [0.1, 0.15) is 19.4 Å². The van der Waals surface area contributed by atoms with E-state index in [1.165, 1.54) is 30.3 Å². The monoisotopic (exact) mass is 354 g/mol. The number of phenolic OH excluding ortho intramolecular Hbond substituents is 3. The summed E-state index contributed by atoms with van der Waals surface area (Å²) < 4.78 is 5.57. The summed E-state index contributed by atoms with van der Waals surface area (Å²) in [7, 11) is 0. The van der Waals surface area contributed by atoms with Crippen molar-refractivity contribution in [2.45, 2.75) is 20.3 Å². The fourth-order valence-electron chi connectivity index (χ4n) is 2.67. The molecule has 1 heterocycles. The van der Waals surface area contributed by atoms with Crippen LogP contribution in [-0.2, 0) is 6.42 Å². The van der Waals surface area contributed by atoms with Gasteiger partial charge in [-0.05, 0) is 44.5 Å². The first-order valence-electron chi connectivity index (χ1n) is 7.96. The van der Waals surface area contributed by atoms with Gasteiger partial charge in [0.1, 0.15) is 28.2 Å². The molecule has 0 atom stereocenters. The quantitative estimate of drug-likeness (QED) is 0.533. The van der Waals surface area contributed by atoms with Gasteiger partial charge in [0.2, 0.25) is 11.2 Å². The molecule has 0 saturated carbocycles. The van der Waals surface area contributed by atoms with Gasteiger partial charge < -0.3 is 24.8 Å². The molecule has 0 aliphatic heterocycles. The molecule has 0 amide bonds. The topological polar surface area (TPSA) is 111 Å². The number of hydrogen-bond donors (Lipinski definition) is 4. The van der Waals surface area contributed by atoms with Gasteiger partial charge in [-0.15, -0.1) is 0 Å². The maximum atomic E-state index is 12.6. The first-order chi connectivity index (χ1) is 12.3. The second kappa shape index (κ2) is 6.48. The Labute approximate surface area is 148 Å². The van der Waals surface area contributed by atoms with Crippen LogP contribution in [0.2, 0.25) is 0 Å². The maximum absolute atomic E-state index is 12.6. The molecule has 0 saturated heterocycles. The number of rotatable bonds is 3. The first kappa shape index (κ1) is 17.4. The summed E-state index contributed by atoms with van der Waals surface area (Å²) >= 11 is 0. The summed E-state index contributed by atoms with van der Waals surface area (Å²) in [5.74, 6) is -1.37. The Morgan fingerprint density at radius 3 is 2.31 bits per heavy atom. The molecule has 1 aromatic heterocycles. The van der Waals surface area contributed by atoms with E-state index in [2.05, 4.69) is 0 Å². The van der Waals surface area contributed by atoms with Crippen LogP contribution >= 0.6 is 0 Å². The van der Waals surface area contributed by atoms with Gasteiger partial charge in [-0.3, -0.25) is 4.79 Å². The summed E-state index contributed by atoms with van der Waals surface area (Å²) in [6.07, 6.45) is 2.03. The van der Waals surface area contributed by atoms with Crippen molar-refractivity contribution in [1.29, 1.82) is 0 Å². The lowest BCUT2D eigenvalue weighted by Crippen LogP contribution is -2.04. The molecule has 0 bridgehead atoms. The van der Waals surface area contributed by atoms with Crippen LogP contribution in [0.5, 0.6) is 23.0 Å². The minimum absolute atomic E-state index is 0.0237. The third-order valence-corrected chi connectivity index (χ3v) is 4.06. The summed E-state index contributed by atoms with van der Waals surface area (Å²) in [4.78, 5) is 12.6. The molecule has 6 heteroatoms. The van der Waals surface area contributed by atoms with Crippen LogP contribution < -0.4 is 5.43 Å². The van der Waals surface area contributed by atoms with Crippen molar-refractivity contribution >= 4 is 11.0 Å². The van der Waals surface area contributed by atoms with Crippen molar-refractivity contribution in [2.24, 2.45) is 0 Å². The van der Waals surface area contributed by atoms with E-state index in [1.54, 1.807) is 6.08 Å². The third kappa shape index (κ3) is 2.97. The molecule has 0 spiro atoms. The van der Waals surface area contributed by atoms with E-state index < -0.39 is 16.9 Å². The molecule has 3 aromatic rings. The minimum atomic E-state index is -0.801. The lowest BCUT2D eigenvalue weighted by atomic mass is 10.0. The van der Waals surface area contributed by atoms with Gasteiger partial charge in [-0.25, -0.2) is 0 Å². The smallest absolute Gasteiger partial charge is 0.238 e. The van der Waals surface area contributed by atoms with E-state index in [0.717, 1.165) is 5.57 Å². The zero-order valence-electron chi connectivity index (χ0n) is 14.3. The van der Waals surface area contributed by atoms with Gasteiger partial charge in [0.15, 0.2) is 5.76 Å². The van der Waals surface area contributed by atoms with Gasteiger partial charge >= 0.3 is 0 Å². The first-order valence-corrected chi connectivity index (χ1v) is 7.96. The summed E-state index contributed by atoms with van der Waals surface area (Å²) in [5, 5.41) is 40.1. The van der Waals surface area contributed by atoms with Crippen molar-refractivity contribution in [3.8, 4) is 34.3 Å². The van der Waals surface area contributed by atoms with Gasteiger partial charge in [0.05, 0.1) is 0 Å². The largest absolute Gasteiger partial charge is 0.508 e. The SMILES string of the molecule is CC(C)=CCc1c(O)cc2oc(-c3ccc(O)cc3)c(O)c(=O)c2c1O. The van der Waals surface area contributed by atoms with Crippen molar-refractivity contribution in [3.63, 3.8) is 0 Å². The van der Waals surface area contributed by atoms with E-state index in [-0.39, 0.29) is 40.2 Å². The fourth-order valence-corrected chi connectivity index (χ4v) is 2.67. The van der Waals surface area contributed by atoms with Gasteiger partial charge in [0.25, 0.3) is 0 Å². The molecular formula is C20H18O6. The van der Waals surface area contributed by atoms with Crippen molar-refractivity contribution < 1.29 is 24.8 Å². The molecule has 0 aliphatic rings. The zero-order valence-corrected chi connectivity index (χ0v) is 14.3. The van der Waals surface area contributed by atoms with Crippen LogP contribution in [0, 0.1) is 0 Å². The predicted molar refractivity (Wildman–Crippen MR) is 97.7 cm³/mol. The Kier molecular flexibility index (Phi) is 4.34. The van der Waals surface area contributed by atoms with Crippen molar-refractivity contribution in [2.75, 3.05) is 0 Å². The third-order valence-electron chi connectivity index (χ3n) is 4.06. The van der Waals surface area contributed by atoms with Crippen LogP contribution in [0.25, 0.3) is 22.3 Å². The molecule has 0 unspecified atom stereocenters. The number of phenols is 3. The molecule has 134 valence electrons. The molecule has 2 aromatic carbocycles. The molecule has 0 aliphatic carbocycles. The highest BCUT2D eigenvalue weighted by molar-refractivity contribution is 5.89. The molecule has 26 heavy (non-hydrogen) atoms. The summed E-state index contributed by atoms with van der Waals surface area (Å²) in [6.45, 7) is 3.75. The molecule has 3 rings (SSSR count). The average molecular weight is 354 g/mol. The lowest BCUT2D eigenvalue weighted by molar-refractivity contribution is 0.433. The zero-order chi connectivity index (χ0) is 19.0. The normalized spacial score (nSPS) is 10.8. The van der Waals surface area contributed by atoms with Crippen LogP contribution in [0.3, 0.4) is 0 Å². The Morgan fingerprint density at radius 2 is 1.69 bits per heavy atom. The fraction of sp³-hybridized carbons (Fsp3) is 0.150. The molecule has 6 nitrogen and oxygen atoms in total. The maximum Gasteiger partial charge on any atom is 0.238 e. The number of hydrogen-bond acceptors (Lipinski definition) is 6. The Bertz CT molecular complexity index is 1070. The van der Waals surface area contributed by atoms with Crippen molar-refractivity contribution in [3.05, 3.63) is 57.8 Å². The molecular weight excluding hydrogens is 336 g/mol. The van der Waals surface area contributed by atoms with Crippen LogP contribution in [0.15, 0.2) is 51.2 Å². The highest BCUT2D eigenvalue weighted by Crippen LogP contribution is 2.38. The second-order valence-corrected chi connectivity index (χ2v) is 6.24. The summed E-state index contributed by atoms with van der Waals surface area (Å²) in [6, 6.07) is 6.96. The predicted octanol–water partition coefficient (Wildman–Crippen LogP) is 3.79. The molecule has 0 radical (unpaired) electrons. The van der Waals surface area contributed by atoms with Crippen LogP contribution in [0.4, 0.5) is 0 Å². The Hall–Kier alpha value is -3.41. The Balaban J connectivity index is 2.28. The van der Waals surface area contributed by atoms with Gasteiger partial charge in [-0.1, -0.05) is 11.6 Å². The van der Waals surface area contributed by atoms with E-state index in [9.17, 15) is 25.2 Å². The van der Waals surface area contributed by atoms with Crippen LogP contribution in [-0.4, -0.2) is 20.4 Å². The van der Waals surface area contributed by atoms with Crippen molar-refractivity contribution in [1.82, 2.24) is 0 Å². The lowest BCUT2D eigenvalue weighted by Gasteiger charge is -2.11. The highest BCUT2D eigenvalue weighted by Gasteiger charge is 2.21. The number of allylic oxidation sites excluding steroid dienone is 2.